The van der Waals surface area contributed by atoms with Crippen LogP contribution in [0.4, 0.5) is 0 Å². The summed E-state index contributed by atoms with van der Waals surface area (Å²) in [7, 11) is 0. The molecule has 1 aliphatic carbocycles. The van der Waals surface area contributed by atoms with Crippen LogP contribution >= 0.6 is 0 Å². The molecule has 4 heteroatoms. The van der Waals surface area contributed by atoms with E-state index in [0.717, 1.165) is 37.7 Å². The van der Waals surface area contributed by atoms with Crippen molar-refractivity contribution >= 4 is 11.8 Å². The Kier molecular flexibility index (Phi) is 3.70. The largest absolute Gasteiger partial charge is 0.343 e. The Morgan fingerprint density at radius 3 is 2.48 bits per heavy atom. The summed E-state index contributed by atoms with van der Waals surface area (Å²) in [6.07, 6.45) is 4.74. The van der Waals surface area contributed by atoms with Crippen molar-refractivity contribution in [2.45, 2.75) is 57.2 Å². The third-order valence-corrected chi connectivity index (χ3v) is 4.79. The summed E-state index contributed by atoms with van der Waals surface area (Å²) in [5, 5.41) is 2.88. The maximum atomic E-state index is 12.7. The second-order valence-corrected chi connectivity index (χ2v) is 6.20. The molecule has 1 N–H and O–H groups in total. The van der Waals surface area contributed by atoms with Crippen LogP contribution in [0.25, 0.3) is 0 Å². The first-order chi connectivity index (χ1) is 10.1. The molecular weight excluding hydrogens is 264 g/mol. The van der Waals surface area contributed by atoms with Crippen LogP contribution in [-0.4, -0.2) is 28.3 Å². The van der Waals surface area contributed by atoms with E-state index in [9.17, 15) is 9.59 Å². The van der Waals surface area contributed by atoms with Crippen molar-refractivity contribution in [1.82, 2.24) is 10.2 Å². The van der Waals surface area contributed by atoms with Crippen molar-refractivity contribution in [3.8, 4) is 0 Å². The van der Waals surface area contributed by atoms with Gasteiger partial charge in [0.2, 0.25) is 11.8 Å². The summed E-state index contributed by atoms with van der Waals surface area (Å²) in [5.41, 5.74) is 0.454. The predicted molar refractivity (Wildman–Crippen MR) is 80.4 cm³/mol. The molecule has 1 atom stereocenters. The van der Waals surface area contributed by atoms with Gasteiger partial charge in [-0.3, -0.25) is 9.59 Å². The smallest absolute Gasteiger partial charge is 0.246 e. The number of benzene rings is 1. The molecule has 2 amide bonds. The van der Waals surface area contributed by atoms with Crippen LogP contribution in [0.2, 0.25) is 0 Å². The molecule has 1 saturated heterocycles. The number of nitrogens with zero attached hydrogens (tertiary/aromatic N) is 1. The van der Waals surface area contributed by atoms with Gasteiger partial charge in [-0.1, -0.05) is 49.6 Å². The van der Waals surface area contributed by atoms with Gasteiger partial charge >= 0.3 is 0 Å². The summed E-state index contributed by atoms with van der Waals surface area (Å²) in [4.78, 5) is 27.1. The van der Waals surface area contributed by atoms with Gasteiger partial charge in [-0.25, -0.2) is 0 Å². The maximum absolute atomic E-state index is 12.7. The van der Waals surface area contributed by atoms with Crippen molar-refractivity contribution in [3.63, 3.8) is 0 Å². The lowest BCUT2D eigenvalue weighted by Crippen LogP contribution is -2.70. The van der Waals surface area contributed by atoms with Crippen LogP contribution in [-0.2, 0) is 16.1 Å². The molecule has 3 rings (SSSR count). The lowest BCUT2D eigenvalue weighted by molar-refractivity contribution is -0.160. The van der Waals surface area contributed by atoms with Gasteiger partial charge in [0, 0.05) is 6.54 Å². The minimum Gasteiger partial charge on any atom is -0.343 e. The average molecular weight is 286 g/mol. The molecule has 0 bridgehead atoms. The molecule has 0 aromatic heterocycles. The number of piperazine rings is 1. The highest BCUT2D eigenvalue weighted by Gasteiger charge is 2.51. The lowest BCUT2D eigenvalue weighted by atomic mass is 9.77. The third kappa shape index (κ3) is 2.43. The summed E-state index contributed by atoms with van der Waals surface area (Å²) < 4.78 is 0. The highest BCUT2D eigenvalue weighted by molar-refractivity contribution is 5.99. The molecule has 0 radical (unpaired) electrons. The maximum Gasteiger partial charge on any atom is 0.246 e. The number of carbonyl (C=O) groups excluding carboxylic acids is 2. The van der Waals surface area contributed by atoms with Crippen molar-refractivity contribution in [3.05, 3.63) is 35.9 Å². The Morgan fingerprint density at radius 2 is 1.81 bits per heavy atom. The normalized spacial score (nSPS) is 25.0. The summed E-state index contributed by atoms with van der Waals surface area (Å²) >= 11 is 0. The molecule has 2 aliphatic rings. The molecule has 1 unspecified atom stereocenters. The molecule has 1 saturated carbocycles. The average Bonchev–Trinajstić information content (AvgIpc) is 2.52. The zero-order chi connectivity index (χ0) is 14.9. The SMILES string of the molecule is CC1NC(=O)C2(CCCCC2)N(Cc2ccccc2)C1=O. The fourth-order valence-corrected chi connectivity index (χ4v) is 3.59. The third-order valence-electron chi connectivity index (χ3n) is 4.79. The highest BCUT2D eigenvalue weighted by Crippen LogP contribution is 2.37. The number of hydrogen-bond acceptors (Lipinski definition) is 2. The molecule has 1 spiro atoms. The first-order valence-corrected chi connectivity index (χ1v) is 7.80. The van der Waals surface area contributed by atoms with E-state index < -0.39 is 11.6 Å². The second kappa shape index (κ2) is 5.51. The van der Waals surface area contributed by atoms with E-state index >= 15 is 0 Å². The van der Waals surface area contributed by atoms with E-state index in [1.54, 1.807) is 6.92 Å². The van der Waals surface area contributed by atoms with Gasteiger partial charge < -0.3 is 10.2 Å². The molecule has 1 heterocycles. The molecular formula is C17H22N2O2. The Hall–Kier alpha value is -1.84. The van der Waals surface area contributed by atoms with Crippen LogP contribution in [0.3, 0.4) is 0 Å². The van der Waals surface area contributed by atoms with Gasteiger partial charge in [0.15, 0.2) is 0 Å². The van der Waals surface area contributed by atoms with E-state index in [1.807, 2.05) is 35.2 Å². The van der Waals surface area contributed by atoms with Crippen LogP contribution in [0, 0.1) is 0 Å². The number of nitrogens with one attached hydrogen (secondary N) is 1. The van der Waals surface area contributed by atoms with E-state index in [-0.39, 0.29) is 11.8 Å². The van der Waals surface area contributed by atoms with Gasteiger partial charge in [0.1, 0.15) is 11.6 Å². The Balaban J connectivity index is 1.94. The molecule has 1 aromatic carbocycles. The van der Waals surface area contributed by atoms with Gasteiger partial charge in [-0.2, -0.15) is 0 Å². The molecule has 21 heavy (non-hydrogen) atoms. The fourth-order valence-electron chi connectivity index (χ4n) is 3.59. The number of amides is 2. The van der Waals surface area contributed by atoms with Crippen molar-refractivity contribution in [2.24, 2.45) is 0 Å². The van der Waals surface area contributed by atoms with Crippen molar-refractivity contribution in [1.29, 1.82) is 0 Å². The van der Waals surface area contributed by atoms with E-state index in [4.69, 9.17) is 0 Å². The molecule has 1 aliphatic heterocycles. The number of carbonyl (C=O) groups is 2. The first-order valence-electron chi connectivity index (χ1n) is 7.80. The zero-order valence-corrected chi connectivity index (χ0v) is 12.5. The topological polar surface area (TPSA) is 49.4 Å². The lowest BCUT2D eigenvalue weighted by Gasteiger charge is -2.49. The Morgan fingerprint density at radius 1 is 1.14 bits per heavy atom. The fraction of sp³-hybridized carbons (Fsp3) is 0.529. The Bertz CT molecular complexity index is 535. The van der Waals surface area contributed by atoms with Crippen LogP contribution < -0.4 is 5.32 Å². The van der Waals surface area contributed by atoms with Crippen LogP contribution in [0.1, 0.15) is 44.6 Å². The predicted octanol–water partition coefficient (Wildman–Crippen LogP) is 2.24. The van der Waals surface area contributed by atoms with E-state index in [1.165, 1.54) is 0 Å². The van der Waals surface area contributed by atoms with Crippen molar-refractivity contribution < 1.29 is 9.59 Å². The van der Waals surface area contributed by atoms with E-state index in [0.29, 0.717) is 6.54 Å². The summed E-state index contributed by atoms with van der Waals surface area (Å²) in [6.45, 7) is 2.30. The molecule has 4 nitrogen and oxygen atoms in total. The minimum absolute atomic E-state index is 0.0326. The van der Waals surface area contributed by atoms with Gasteiger partial charge in [-0.05, 0) is 25.3 Å². The van der Waals surface area contributed by atoms with E-state index in [2.05, 4.69) is 5.32 Å². The van der Waals surface area contributed by atoms with Crippen LogP contribution in [0.15, 0.2) is 30.3 Å². The standard InChI is InChI=1S/C17H22N2O2/c1-13-15(20)19(12-14-8-4-2-5-9-14)17(16(21)18-13)10-6-3-7-11-17/h2,4-5,8-9,13H,3,6-7,10-12H2,1H3,(H,18,21). The summed E-state index contributed by atoms with van der Waals surface area (Å²) in [6, 6.07) is 9.52. The monoisotopic (exact) mass is 286 g/mol. The minimum atomic E-state index is -0.627. The quantitative estimate of drug-likeness (QED) is 0.906. The number of rotatable bonds is 2. The second-order valence-electron chi connectivity index (χ2n) is 6.20. The van der Waals surface area contributed by atoms with Gasteiger partial charge in [0.25, 0.3) is 0 Å². The molecule has 112 valence electrons. The van der Waals surface area contributed by atoms with Crippen molar-refractivity contribution in [2.75, 3.05) is 0 Å². The highest BCUT2D eigenvalue weighted by atomic mass is 16.2. The zero-order valence-electron chi connectivity index (χ0n) is 12.5. The Labute approximate surface area is 125 Å². The number of hydrogen-bond donors (Lipinski definition) is 1. The van der Waals surface area contributed by atoms with Crippen LogP contribution in [0.5, 0.6) is 0 Å². The van der Waals surface area contributed by atoms with Gasteiger partial charge in [-0.15, -0.1) is 0 Å². The first kappa shape index (κ1) is 14.1. The molecule has 1 aromatic rings. The molecule has 2 fully saturated rings. The summed E-state index contributed by atoms with van der Waals surface area (Å²) in [5.74, 6) is 0.0746. The van der Waals surface area contributed by atoms with Gasteiger partial charge in [0.05, 0.1) is 0 Å².